The van der Waals surface area contributed by atoms with Gasteiger partial charge in [0.15, 0.2) is 23.8 Å². The number of carboxylic acids is 1. The lowest BCUT2D eigenvalue weighted by Gasteiger charge is -2.31. The zero-order chi connectivity index (χ0) is 87.1. The number of rotatable bonds is 33. The number of imidazole rings is 1. The average molecular weight is 1740 g/mol. The maximum Gasteiger partial charge on any atom is 0.327 e. The van der Waals surface area contributed by atoms with Crippen LogP contribution in [0.5, 0.6) is 0 Å². The standard InChI is InChI=1S/C70H121N29O15S4/c1-36(2)27-45-57(104)95-48(32-116-115-31-39(72)53(100)90-43(16-9-23-84-69(77)78)64(111)98-25-11-18-51(98)62(109)88-41(55(102)92-45)14-7-21-82-67(73)74)60(107)87-40(13-5-6-20-71)54(101)94-47(29-38-30-81-35-86-38)59(106)96-49-33-117-118-34-50(66(113)114)97-58(105)46(28-37(3)4)93-56(103)42(15-8-22-83-68(75)76)89-63(110)52-19-12-26-99(52)65(112)44(91-61(49)108)17-10-24-85-70(79)80/h30,35-37,39-52H,5-29,31-34,71-72H2,1-4H3,(H,81,86)(H,87,107)(H,88,109)(H,89,110)(H,90,100)(H,91,108)(H,92,102)(H,93,103)(H,94,101)(H,95,104)(H,96,106)(H,97,105)(H,113,114)(H4,73,74,82)(H4,75,76,83)(H4,77,78,84)(H4,79,80,85)/t39-,40-,41-,42-,43-,44-,45-,46-,47-,48-,49-,50-,51-,52-/m0/s1. The number of aliphatic imine (C=N–C) groups is 4. The molecule has 5 heterocycles. The summed E-state index contributed by atoms with van der Waals surface area (Å²) < 4.78 is 0. The fraction of sp³-hybridized carbons (Fsp3) is 0.700. The van der Waals surface area contributed by atoms with E-state index in [1.165, 1.54) is 22.3 Å². The van der Waals surface area contributed by atoms with Crippen molar-refractivity contribution in [2.24, 2.45) is 89.1 Å². The van der Waals surface area contributed by atoms with Gasteiger partial charge in [-0.3, -0.25) is 82.3 Å². The second-order valence-corrected chi connectivity index (χ2v) is 34.9. The van der Waals surface area contributed by atoms with Gasteiger partial charge >= 0.3 is 5.97 Å². The number of carbonyl (C=O) groups excluding carboxylic acids is 13. The molecule has 48 heteroatoms. The van der Waals surface area contributed by atoms with E-state index in [2.05, 4.69) is 88.4 Å². The molecule has 4 saturated heterocycles. The fourth-order valence-electron chi connectivity index (χ4n) is 13.1. The number of nitrogens with two attached hydrogens (primary N) is 10. The molecular formula is C70H121N29O15S4. The van der Waals surface area contributed by atoms with Gasteiger partial charge in [0.1, 0.15) is 78.5 Å². The second-order valence-electron chi connectivity index (χ2n) is 29.8. The highest BCUT2D eigenvalue weighted by Crippen LogP contribution is 2.28. The van der Waals surface area contributed by atoms with E-state index in [0.29, 0.717) is 19.3 Å². The van der Waals surface area contributed by atoms with E-state index in [0.717, 1.165) is 43.2 Å². The molecule has 5 rings (SSSR count). The molecule has 0 aromatic carbocycles. The quantitative estimate of drug-likeness (QED) is 0.0135. The number of hydrogen-bond donors (Lipinski definition) is 23. The van der Waals surface area contributed by atoms with Crippen LogP contribution >= 0.6 is 43.2 Å². The maximum absolute atomic E-state index is 15.3. The summed E-state index contributed by atoms with van der Waals surface area (Å²) in [5.41, 5.74) is 57.5. The summed E-state index contributed by atoms with van der Waals surface area (Å²) in [7, 11) is 3.81. The molecule has 4 aliphatic heterocycles. The van der Waals surface area contributed by atoms with E-state index in [1.807, 2.05) is 0 Å². The first-order valence-corrected chi connectivity index (χ1v) is 44.4. The monoisotopic (exact) mass is 1740 g/mol. The largest absolute Gasteiger partial charge is 0.480 e. The van der Waals surface area contributed by atoms with E-state index in [-0.39, 0.29) is 207 Å². The van der Waals surface area contributed by atoms with Crippen LogP contribution in [0.4, 0.5) is 0 Å². The predicted octanol–water partition coefficient (Wildman–Crippen LogP) is -7.10. The lowest BCUT2D eigenvalue weighted by atomic mass is 10.0. The molecule has 14 atom stereocenters. The highest BCUT2D eigenvalue weighted by atomic mass is 33.1. The number of carboxylic acid groups (broad SMARTS) is 1. The third kappa shape index (κ3) is 34.6. The summed E-state index contributed by atoms with van der Waals surface area (Å²) in [5.74, 6) is -14.8. The van der Waals surface area contributed by atoms with E-state index < -0.39 is 167 Å². The minimum atomic E-state index is -1.64. The molecule has 0 unspecified atom stereocenters. The van der Waals surface area contributed by atoms with Gasteiger partial charge in [-0.2, -0.15) is 0 Å². The molecule has 1 aromatic rings. The van der Waals surface area contributed by atoms with Crippen molar-refractivity contribution in [1.82, 2.24) is 78.3 Å². The zero-order valence-corrected chi connectivity index (χ0v) is 70.4. The Morgan fingerprint density at radius 2 is 0.915 bits per heavy atom. The molecule has 0 radical (unpaired) electrons. The molecule has 0 spiro atoms. The minimum absolute atomic E-state index is 0.0107. The van der Waals surface area contributed by atoms with E-state index in [4.69, 9.17) is 57.3 Å². The molecule has 0 bridgehead atoms. The molecule has 13 amide bonds. The number of carbonyl (C=O) groups is 14. The van der Waals surface area contributed by atoms with Crippen molar-refractivity contribution in [1.29, 1.82) is 0 Å². The predicted molar refractivity (Wildman–Crippen MR) is 450 cm³/mol. The molecule has 33 N–H and O–H groups in total. The molecule has 0 aliphatic carbocycles. The number of guanidine groups is 4. The summed E-state index contributed by atoms with van der Waals surface area (Å²) in [6, 6.07) is -19.6. The molecule has 4 aliphatic rings. The fourth-order valence-corrected chi connectivity index (χ4v) is 17.8. The van der Waals surface area contributed by atoms with Crippen LogP contribution in [0.15, 0.2) is 32.5 Å². The number of H-pyrrole nitrogens is 1. The smallest absolute Gasteiger partial charge is 0.327 e. The third-order valence-electron chi connectivity index (χ3n) is 19.2. The molecule has 0 saturated carbocycles. The minimum Gasteiger partial charge on any atom is -0.480 e. The topological polar surface area (TPSA) is 736 Å². The Morgan fingerprint density at radius 3 is 1.36 bits per heavy atom. The van der Waals surface area contributed by atoms with Crippen LogP contribution in [0.3, 0.4) is 0 Å². The van der Waals surface area contributed by atoms with Crippen molar-refractivity contribution in [3.8, 4) is 0 Å². The van der Waals surface area contributed by atoms with Gasteiger partial charge in [-0.15, -0.1) is 0 Å². The van der Waals surface area contributed by atoms with Gasteiger partial charge in [-0.05, 0) is 128 Å². The number of aromatic amines is 1. The lowest BCUT2D eigenvalue weighted by Crippen LogP contribution is -2.61. The van der Waals surface area contributed by atoms with Crippen molar-refractivity contribution in [2.45, 2.75) is 228 Å². The number of nitrogens with one attached hydrogen (secondary N) is 12. The van der Waals surface area contributed by atoms with Gasteiger partial charge in [-0.25, -0.2) is 9.78 Å². The highest BCUT2D eigenvalue weighted by Gasteiger charge is 2.44. The Labute approximate surface area is 700 Å². The third-order valence-corrected chi connectivity index (χ3v) is 24.0. The number of fused-ring (bicyclic) bond motifs is 2. The van der Waals surface area contributed by atoms with Crippen molar-refractivity contribution >= 4 is 150 Å². The van der Waals surface area contributed by atoms with Gasteiger partial charge in [0.2, 0.25) is 76.8 Å². The van der Waals surface area contributed by atoms with Crippen LogP contribution in [-0.2, 0) is 73.5 Å². The van der Waals surface area contributed by atoms with E-state index in [1.54, 1.807) is 27.7 Å². The number of nitrogens with zero attached hydrogens (tertiary/aromatic N) is 7. The summed E-state index contributed by atoms with van der Waals surface area (Å²) in [6.07, 6.45) is 4.09. The first kappa shape index (κ1) is 98.8. The van der Waals surface area contributed by atoms with Gasteiger partial charge in [-0.1, -0.05) is 70.9 Å². The van der Waals surface area contributed by atoms with E-state index >= 15 is 24.0 Å². The van der Waals surface area contributed by atoms with Crippen LogP contribution in [0.1, 0.15) is 143 Å². The first-order valence-electron chi connectivity index (χ1n) is 39.4. The van der Waals surface area contributed by atoms with Gasteiger partial charge in [0, 0.05) is 80.6 Å². The average Bonchev–Trinajstić information content (AvgIpc) is 1.68. The molecule has 44 nitrogen and oxygen atoms in total. The van der Waals surface area contributed by atoms with Crippen LogP contribution in [0.25, 0.3) is 0 Å². The van der Waals surface area contributed by atoms with Crippen LogP contribution in [0.2, 0.25) is 0 Å². The van der Waals surface area contributed by atoms with Crippen molar-refractivity contribution in [3.05, 3.63) is 18.2 Å². The normalized spacial score (nSPS) is 24.5. The number of hydrogen-bond acceptors (Lipinski definition) is 25. The first-order chi connectivity index (χ1) is 56.1. The highest BCUT2D eigenvalue weighted by molar-refractivity contribution is 8.77. The van der Waals surface area contributed by atoms with Crippen LogP contribution in [0, 0.1) is 11.8 Å². The van der Waals surface area contributed by atoms with Crippen molar-refractivity contribution < 1.29 is 72.2 Å². The summed E-state index contributed by atoms with van der Waals surface area (Å²) in [6.45, 7) is 7.54. The SMILES string of the molecule is CC(C)C[C@@H]1NC(=O)[C@H](CCCN=C(N)N)NC(=O)[C@@H]2CCCN2C(=O)[C@H](CCCN=C(N)N)NC(=O)[C@@H](NC(=O)[C@H](Cc2cnc[nH]2)NC(=O)[C@H](CCCCN)NC(=O)[C@@H]2CSSC[C@H](N)C(=O)N[C@@H](CCCN=C(N)N)C(=O)N3CCC[C@H]3C(=O)N[C@@H](CCCN=C(N)N)C(=O)N[C@@H](CC(C)C)C(=O)N2)CSSC[C@@H](C(=O)O)NC1=O. The molecule has 118 heavy (non-hydrogen) atoms. The molecule has 1 aromatic heterocycles. The van der Waals surface area contributed by atoms with Crippen molar-refractivity contribution in [3.63, 3.8) is 0 Å². The molecular weight excluding hydrogens is 1620 g/mol. The second kappa shape index (κ2) is 51.5. The Kier molecular flexibility index (Phi) is 43.1. The maximum atomic E-state index is 15.3. The summed E-state index contributed by atoms with van der Waals surface area (Å²) in [5, 5.41) is 40.4. The van der Waals surface area contributed by atoms with Crippen molar-refractivity contribution in [2.75, 3.05) is 68.8 Å². The Balaban J connectivity index is 1.54. The number of aromatic nitrogens is 2. The Hall–Kier alpha value is -9.81. The number of unbranched alkanes of at least 4 members (excludes halogenated alkanes) is 1. The van der Waals surface area contributed by atoms with Gasteiger partial charge in [0.05, 0.1) is 12.4 Å². The van der Waals surface area contributed by atoms with Crippen LogP contribution < -0.4 is 116 Å². The Bertz CT molecular complexity index is 3660. The Morgan fingerprint density at radius 1 is 0.500 bits per heavy atom. The number of amides is 13. The molecule has 4 fully saturated rings. The number of aliphatic carboxylic acids is 1. The van der Waals surface area contributed by atoms with Gasteiger partial charge < -0.3 is 136 Å². The molecule has 660 valence electrons. The zero-order valence-electron chi connectivity index (χ0n) is 67.1. The van der Waals surface area contributed by atoms with E-state index in [9.17, 15) is 48.3 Å². The lowest BCUT2D eigenvalue weighted by molar-refractivity contribution is -0.143. The van der Waals surface area contributed by atoms with Crippen LogP contribution in [-0.4, -0.2) is 285 Å². The summed E-state index contributed by atoms with van der Waals surface area (Å²) in [4.78, 5) is 230. The summed E-state index contributed by atoms with van der Waals surface area (Å²) >= 11 is 0. The van der Waals surface area contributed by atoms with Gasteiger partial charge in [0.25, 0.3) is 0 Å².